The van der Waals surface area contributed by atoms with Crippen LogP contribution in [0.25, 0.3) is 0 Å². The summed E-state index contributed by atoms with van der Waals surface area (Å²) >= 11 is 0. The Bertz CT molecular complexity index is 399. The molecule has 2 N–H and O–H groups in total. The molecule has 0 aliphatic heterocycles. The van der Waals surface area contributed by atoms with Crippen molar-refractivity contribution >= 4 is 10.1 Å². The molecular formula is C9H13NO4S. The van der Waals surface area contributed by atoms with Gasteiger partial charge in [0.05, 0.1) is 11.5 Å². The van der Waals surface area contributed by atoms with Crippen molar-refractivity contribution in [3.63, 3.8) is 0 Å². The van der Waals surface area contributed by atoms with Crippen LogP contribution in [0.4, 0.5) is 0 Å². The lowest BCUT2D eigenvalue weighted by molar-refractivity contribution is 0.202. The zero-order valence-electron chi connectivity index (χ0n) is 8.34. The summed E-state index contributed by atoms with van der Waals surface area (Å²) in [5, 5.41) is 0. The molecule has 0 saturated carbocycles. The lowest BCUT2D eigenvalue weighted by atomic mass is 10.2. The summed E-state index contributed by atoms with van der Waals surface area (Å²) < 4.78 is 31.1. The highest BCUT2D eigenvalue weighted by Crippen LogP contribution is 2.12. The Kier molecular flexibility index (Phi) is 4.22. The van der Waals surface area contributed by atoms with Gasteiger partial charge in [0, 0.05) is 7.11 Å². The van der Waals surface area contributed by atoms with E-state index < -0.39 is 10.1 Å². The molecule has 0 spiro atoms. The number of rotatable bonds is 5. The van der Waals surface area contributed by atoms with Gasteiger partial charge in [-0.2, -0.15) is 18.6 Å². The molecule has 0 aliphatic carbocycles. The number of hydrogen-bond acceptors (Lipinski definition) is 5. The fourth-order valence-corrected chi connectivity index (χ4v) is 1.68. The third kappa shape index (κ3) is 3.28. The van der Waals surface area contributed by atoms with Crippen molar-refractivity contribution < 1.29 is 17.4 Å². The standard InChI is InChI=1S/C9H13NO4S/c1-13-7-6-8-2-4-9(5-3-8)15(11,12)14-10/h2-5H,6-7,10H2,1H3. The molecule has 0 bridgehead atoms. The Labute approximate surface area is 88.9 Å². The van der Waals surface area contributed by atoms with Crippen molar-refractivity contribution in [3.8, 4) is 0 Å². The van der Waals surface area contributed by atoms with E-state index in [4.69, 9.17) is 4.74 Å². The van der Waals surface area contributed by atoms with Crippen molar-refractivity contribution in [2.75, 3.05) is 13.7 Å². The van der Waals surface area contributed by atoms with Crippen LogP contribution < -0.4 is 5.90 Å². The van der Waals surface area contributed by atoms with Gasteiger partial charge in [-0.1, -0.05) is 12.1 Å². The highest BCUT2D eigenvalue weighted by molar-refractivity contribution is 7.86. The first-order valence-electron chi connectivity index (χ1n) is 4.31. The topological polar surface area (TPSA) is 78.6 Å². The minimum absolute atomic E-state index is 0.0474. The molecule has 0 aromatic heterocycles. The predicted octanol–water partition coefficient (Wildman–Crippen LogP) is 0.455. The first kappa shape index (κ1) is 12.1. The second-order valence-corrected chi connectivity index (χ2v) is 4.51. The second kappa shape index (κ2) is 5.22. The van der Waals surface area contributed by atoms with Gasteiger partial charge >= 0.3 is 10.1 Å². The molecule has 15 heavy (non-hydrogen) atoms. The van der Waals surface area contributed by atoms with Gasteiger partial charge in [-0.3, -0.25) is 0 Å². The van der Waals surface area contributed by atoms with Crippen LogP contribution in [0.3, 0.4) is 0 Å². The third-order valence-corrected chi connectivity index (χ3v) is 3.04. The minimum Gasteiger partial charge on any atom is -0.384 e. The zero-order valence-corrected chi connectivity index (χ0v) is 9.16. The first-order valence-corrected chi connectivity index (χ1v) is 5.72. The molecule has 0 fully saturated rings. The van der Waals surface area contributed by atoms with E-state index in [1.165, 1.54) is 12.1 Å². The number of benzene rings is 1. The fraction of sp³-hybridized carbons (Fsp3) is 0.333. The monoisotopic (exact) mass is 231 g/mol. The van der Waals surface area contributed by atoms with E-state index in [0.29, 0.717) is 6.61 Å². The number of hydrogen-bond donors (Lipinski definition) is 1. The molecule has 1 rings (SSSR count). The molecular weight excluding hydrogens is 218 g/mol. The maximum absolute atomic E-state index is 11.2. The molecule has 84 valence electrons. The largest absolute Gasteiger partial charge is 0.384 e. The highest BCUT2D eigenvalue weighted by Gasteiger charge is 2.12. The third-order valence-electron chi connectivity index (χ3n) is 1.93. The average molecular weight is 231 g/mol. The molecule has 0 radical (unpaired) electrons. The summed E-state index contributed by atoms with van der Waals surface area (Å²) in [5.74, 6) is 4.65. The van der Waals surface area contributed by atoms with Crippen LogP contribution in [0.5, 0.6) is 0 Å². The summed E-state index contributed by atoms with van der Waals surface area (Å²) in [7, 11) is -2.18. The quantitative estimate of drug-likeness (QED) is 0.744. The first-order chi connectivity index (χ1) is 7.10. The summed E-state index contributed by atoms with van der Waals surface area (Å²) in [6, 6.07) is 6.30. The van der Waals surface area contributed by atoms with E-state index in [9.17, 15) is 8.42 Å². The van der Waals surface area contributed by atoms with E-state index in [-0.39, 0.29) is 4.90 Å². The van der Waals surface area contributed by atoms with Gasteiger partial charge in [0.2, 0.25) is 0 Å². The smallest absolute Gasteiger partial charge is 0.312 e. The number of methoxy groups -OCH3 is 1. The average Bonchev–Trinajstić information content (AvgIpc) is 2.27. The molecule has 0 atom stereocenters. The molecule has 5 nitrogen and oxygen atoms in total. The van der Waals surface area contributed by atoms with Crippen LogP contribution in [-0.4, -0.2) is 22.1 Å². The summed E-state index contributed by atoms with van der Waals surface area (Å²) in [6.07, 6.45) is 0.736. The van der Waals surface area contributed by atoms with Crippen molar-refractivity contribution in [1.82, 2.24) is 0 Å². The van der Waals surface area contributed by atoms with Crippen molar-refractivity contribution in [1.29, 1.82) is 0 Å². The van der Waals surface area contributed by atoms with Crippen LogP contribution in [0.15, 0.2) is 29.2 Å². The van der Waals surface area contributed by atoms with Gasteiger partial charge in [-0.25, -0.2) is 0 Å². The zero-order chi connectivity index (χ0) is 11.3. The van der Waals surface area contributed by atoms with Crippen LogP contribution in [0.2, 0.25) is 0 Å². The van der Waals surface area contributed by atoms with Crippen molar-refractivity contribution in [2.45, 2.75) is 11.3 Å². The van der Waals surface area contributed by atoms with Gasteiger partial charge in [0.1, 0.15) is 0 Å². The second-order valence-electron chi connectivity index (χ2n) is 2.94. The van der Waals surface area contributed by atoms with E-state index in [2.05, 4.69) is 10.2 Å². The molecule has 0 amide bonds. The SMILES string of the molecule is COCCc1ccc(S(=O)(=O)ON)cc1. The lowest BCUT2D eigenvalue weighted by Crippen LogP contribution is -2.11. The Balaban J connectivity index is 2.81. The molecule has 0 unspecified atom stereocenters. The lowest BCUT2D eigenvalue weighted by Gasteiger charge is -2.03. The maximum Gasteiger partial charge on any atom is 0.312 e. The molecule has 0 aliphatic rings. The minimum atomic E-state index is -3.79. The summed E-state index contributed by atoms with van der Waals surface area (Å²) in [4.78, 5) is 0.0474. The van der Waals surface area contributed by atoms with Gasteiger partial charge in [0.25, 0.3) is 0 Å². The van der Waals surface area contributed by atoms with Crippen LogP contribution in [0.1, 0.15) is 5.56 Å². The summed E-state index contributed by atoms with van der Waals surface area (Å²) in [6.45, 7) is 0.597. The summed E-state index contributed by atoms with van der Waals surface area (Å²) in [5.41, 5.74) is 0.993. The Morgan fingerprint density at radius 1 is 1.27 bits per heavy atom. The van der Waals surface area contributed by atoms with E-state index in [1.807, 2.05) is 0 Å². The molecule has 0 saturated heterocycles. The molecule has 0 heterocycles. The Morgan fingerprint density at radius 3 is 2.33 bits per heavy atom. The number of nitrogens with two attached hydrogens (primary N) is 1. The van der Waals surface area contributed by atoms with Crippen molar-refractivity contribution in [2.24, 2.45) is 5.90 Å². The maximum atomic E-state index is 11.2. The van der Waals surface area contributed by atoms with Gasteiger partial charge in [-0.15, -0.1) is 0 Å². The van der Waals surface area contributed by atoms with E-state index in [1.54, 1.807) is 19.2 Å². The fourth-order valence-electron chi connectivity index (χ4n) is 1.10. The van der Waals surface area contributed by atoms with Crippen LogP contribution >= 0.6 is 0 Å². The van der Waals surface area contributed by atoms with Gasteiger partial charge < -0.3 is 4.74 Å². The van der Waals surface area contributed by atoms with Crippen LogP contribution in [-0.2, 0) is 25.6 Å². The molecule has 1 aromatic rings. The highest BCUT2D eigenvalue weighted by atomic mass is 32.2. The normalized spacial score (nSPS) is 11.6. The predicted molar refractivity (Wildman–Crippen MR) is 54.5 cm³/mol. The molecule has 6 heteroatoms. The molecule has 1 aromatic carbocycles. The van der Waals surface area contributed by atoms with Crippen LogP contribution in [0, 0.1) is 0 Å². The Hall–Kier alpha value is -0.950. The van der Waals surface area contributed by atoms with Gasteiger partial charge in [-0.05, 0) is 24.1 Å². The van der Waals surface area contributed by atoms with Crippen molar-refractivity contribution in [3.05, 3.63) is 29.8 Å². The Morgan fingerprint density at radius 2 is 1.87 bits per heavy atom. The number of ether oxygens (including phenoxy) is 1. The van der Waals surface area contributed by atoms with E-state index >= 15 is 0 Å². The van der Waals surface area contributed by atoms with Gasteiger partial charge in [0.15, 0.2) is 0 Å². The van der Waals surface area contributed by atoms with E-state index in [0.717, 1.165) is 12.0 Å².